The Labute approximate surface area is 127 Å². The summed E-state index contributed by atoms with van der Waals surface area (Å²) in [5, 5.41) is -0.137. The highest BCUT2D eigenvalue weighted by molar-refractivity contribution is 8.26. The van der Waals surface area contributed by atoms with Gasteiger partial charge in [-0.25, -0.2) is 12.6 Å². The molecular weight excluding hydrogens is 395 g/mol. The van der Waals surface area contributed by atoms with Gasteiger partial charge in [-0.2, -0.15) is 13.2 Å². The molecule has 0 amide bonds. The second kappa shape index (κ2) is 7.33. The zero-order valence-corrected chi connectivity index (χ0v) is 13.1. The van der Waals surface area contributed by atoms with E-state index >= 15 is 0 Å². The minimum absolute atomic E-state index is 0.137. The van der Waals surface area contributed by atoms with Gasteiger partial charge in [0.15, 0.2) is 0 Å². The van der Waals surface area contributed by atoms with Crippen LogP contribution in [0.3, 0.4) is 0 Å². The Hall–Kier alpha value is 0.270. The van der Waals surface area contributed by atoms with Gasteiger partial charge in [-0.3, -0.25) is 0 Å². The molecule has 1 aromatic rings. The fraction of sp³-hybridized carbons (Fsp3) is 0.143. The van der Waals surface area contributed by atoms with Crippen LogP contribution in [-0.2, 0) is 24.5 Å². The first kappa shape index (κ1) is 19.3. The fourth-order valence-corrected chi connectivity index (χ4v) is 2.27. The molecule has 0 unspecified atom stereocenters. The molecule has 0 fully saturated rings. The largest absolute Gasteiger partial charge is 0.417 e. The fourth-order valence-electron chi connectivity index (χ4n) is 0.932. The van der Waals surface area contributed by atoms with Crippen LogP contribution in [0.5, 0.6) is 0 Å². The van der Waals surface area contributed by atoms with E-state index in [9.17, 15) is 21.6 Å². The molecule has 0 aliphatic carbocycles. The van der Waals surface area contributed by atoms with E-state index in [0.29, 0.717) is 12.1 Å². The molecular formula is C7H3Cl4F3O3S2. The highest BCUT2D eigenvalue weighted by Gasteiger charge is 2.36. The van der Waals surface area contributed by atoms with Gasteiger partial charge in [0.05, 0.1) is 10.5 Å². The predicted molar refractivity (Wildman–Crippen MR) is 69.3 cm³/mol. The smallest absolute Gasteiger partial charge is 0.225 e. The van der Waals surface area contributed by atoms with E-state index in [-0.39, 0.29) is 5.02 Å². The van der Waals surface area contributed by atoms with Gasteiger partial charge in [0.2, 0.25) is 9.23 Å². The summed E-state index contributed by atoms with van der Waals surface area (Å²) in [6.45, 7) is 0. The van der Waals surface area contributed by atoms with E-state index < -0.39 is 34.9 Å². The first-order valence-electron chi connectivity index (χ1n) is 3.91. The maximum atomic E-state index is 12.3. The van der Waals surface area contributed by atoms with Crippen molar-refractivity contribution < 1.29 is 25.8 Å². The van der Waals surface area contributed by atoms with Crippen molar-refractivity contribution in [2.75, 3.05) is 0 Å². The number of benzene rings is 1. The summed E-state index contributed by atoms with van der Waals surface area (Å²) in [5.41, 5.74) is -1.33. The summed E-state index contributed by atoms with van der Waals surface area (Å²) in [4.78, 5) is -1.04. The number of hydrogen-bond acceptors (Lipinski definition) is 3. The number of hydrogen-bond donors (Lipinski definition) is 0. The van der Waals surface area contributed by atoms with Crippen molar-refractivity contribution in [1.82, 2.24) is 0 Å². The highest BCUT2D eigenvalue weighted by Crippen LogP contribution is 2.36. The lowest BCUT2D eigenvalue weighted by molar-refractivity contribution is -0.139. The van der Waals surface area contributed by atoms with Crippen LogP contribution in [-0.4, -0.2) is 12.6 Å². The molecule has 0 saturated carbocycles. The second-order valence-electron chi connectivity index (χ2n) is 2.76. The molecule has 0 heterocycles. The molecule has 12 heteroatoms. The lowest BCUT2D eigenvalue weighted by Gasteiger charge is -2.10. The third-order valence-corrected chi connectivity index (χ3v) is 3.11. The van der Waals surface area contributed by atoms with Crippen molar-refractivity contribution in [2.24, 2.45) is 0 Å². The SMILES string of the molecule is O=S(=O)(Cl)c1cc(Cl)ccc1C(F)(F)F.O=S(Cl)Cl. The summed E-state index contributed by atoms with van der Waals surface area (Å²) in [7, 11) is 7.74. The average molecular weight is 398 g/mol. The Morgan fingerprint density at radius 1 is 1.16 bits per heavy atom. The Morgan fingerprint density at radius 2 is 1.58 bits per heavy atom. The molecule has 19 heavy (non-hydrogen) atoms. The van der Waals surface area contributed by atoms with E-state index in [1.54, 1.807) is 0 Å². The highest BCUT2D eigenvalue weighted by atomic mass is 36.0. The van der Waals surface area contributed by atoms with Crippen molar-refractivity contribution in [3.8, 4) is 0 Å². The van der Waals surface area contributed by atoms with E-state index in [1.807, 2.05) is 0 Å². The van der Waals surface area contributed by atoms with Crippen LogP contribution in [0.1, 0.15) is 5.56 Å². The molecule has 0 spiro atoms. The predicted octanol–water partition coefficient (Wildman–Crippen LogP) is 4.33. The third kappa shape index (κ3) is 7.57. The minimum Gasteiger partial charge on any atom is -0.225 e. The molecule has 0 radical (unpaired) electrons. The van der Waals surface area contributed by atoms with Gasteiger partial charge < -0.3 is 0 Å². The van der Waals surface area contributed by atoms with Crippen molar-refractivity contribution in [2.45, 2.75) is 11.1 Å². The van der Waals surface area contributed by atoms with Gasteiger partial charge in [0, 0.05) is 37.1 Å². The van der Waals surface area contributed by atoms with Crippen LogP contribution in [0.25, 0.3) is 0 Å². The third-order valence-electron chi connectivity index (χ3n) is 1.51. The first-order chi connectivity index (χ1) is 8.35. The molecule has 3 nitrogen and oxygen atoms in total. The van der Waals surface area contributed by atoms with Crippen molar-refractivity contribution in [1.29, 1.82) is 0 Å². The second-order valence-corrected chi connectivity index (χ2v) is 8.26. The van der Waals surface area contributed by atoms with Crippen LogP contribution in [0.4, 0.5) is 13.2 Å². The molecule has 0 aliphatic heterocycles. The van der Waals surface area contributed by atoms with Crippen molar-refractivity contribution >= 4 is 61.9 Å². The maximum absolute atomic E-state index is 12.3. The molecule has 0 saturated heterocycles. The van der Waals surface area contributed by atoms with E-state index in [1.165, 1.54) is 0 Å². The van der Waals surface area contributed by atoms with Crippen LogP contribution < -0.4 is 0 Å². The first-order valence-corrected chi connectivity index (χ1v) is 9.40. The summed E-state index contributed by atoms with van der Waals surface area (Å²) in [6, 6.07) is 2.17. The van der Waals surface area contributed by atoms with Crippen molar-refractivity contribution in [3.05, 3.63) is 28.8 Å². The summed E-state index contributed by atoms with van der Waals surface area (Å²) < 4.78 is 67.8. The molecule has 1 aromatic carbocycles. The quantitative estimate of drug-likeness (QED) is 0.662. The molecule has 0 aliphatic rings. The molecule has 0 bridgehead atoms. The minimum atomic E-state index is -4.79. The number of halogens is 7. The molecule has 0 atom stereocenters. The lowest BCUT2D eigenvalue weighted by atomic mass is 10.2. The Morgan fingerprint density at radius 3 is 1.89 bits per heavy atom. The standard InChI is InChI=1S/C7H3Cl2F3O2S.Cl2OS/c8-4-1-2-5(7(10,11)12)6(3-4)15(9,13)14;1-4(2)3/h1-3H;. The number of alkyl halides is 3. The lowest BCUT2D eigenvalue weighted by Crippen LogP contribution is -2.10. The molecule has 0 aromatic heterocycles. The van der Waals surface area contributed by atoms with Crippen LogP contribution in [0, 0.1) is 0 Å². The van der Waals surface area contributed by atoms with E-state index in [4.69, 9.17) is 26.5 Å². The van der Waals surface area contributed by atoms with Gasteiger partial charge in [-0.05, 0) is 18.2 Å². The van der Waals surface area contributed by atoms with Crippen LogP contribution in [0.15, 0.2) is 23.1 Å². The normalized spacial score (nSPS) is 12.0. The van der Waals surface area contributed by atoms with E-state index in [0.717, 1.165) is 6.07 Å². The van der Waals surface area contributed by atoms with Gasteiger partial charge in [-0.15, -0.1) is 0 Å². The van der Waals surface area contributed by atoms with Crippen LogP contribution >= 0.6 is 43.6 Å². The zero-order chi connectivity index (χ0) is 15.4. The van der Waals surface area contributed by atoms with E-state index in [2.05, 4.69) is 21.4 Å². The Kier molecular flexibility index (Phi) is 7.43. The summed E-state index contributed by atoms with van der Waals surface area (Å²) in [6.07, 6.45) is -4.79. The number of rotatable bonds is 1. The molecule has 1 rings (SSSR count). The zero-order valence-electron chi connectivity index (χ0n) is 8.42. The summed E-state index contributed by atoms with van der Waals surface area (Å²) in [5.74, 6) is 0. The van der Waals surface area contributed by atoms with Gasteiger partial charge in [0.25, 0.3) is 9.05 Å². The van der Waals surface area contributed by atoms with Crippen LogP contribution in [0.2, 0.25) is 5.02 Å². The molecule has 110 valence electrons. The Bertz CT molecular complexity index is 569. The summed E-state index contributed by atoms with van der Waals surface area (Å²) >= 11 is 5.38. The molecule has 0 N–H and O–H groups in total. The van der Waals surface area contributed by atoms with Gasteiger partial charge in [0.1, 0.15) is 0 Å². The maximum Gasteiger partial charge on any atom is 0.417 e. The van der Waals surface area contributed by atoms with Gasteiger partial charge >= 0.3 is 6.18 Å². The van der Waals surface area contributed by atoms with Crippen molar-refractivity contribution in [3.63, 3.8) is 0 Å². The topological polar surface area (TPSA) is 51.2 Å². The van der Waals surface area contributed by atoms with Gasteiger partial charge in [-0.1, -0.05) is 11.6 Å². The monoisotopic (exact) mass is 396 g/mol. The Balaban J connectivity index is 0.000000711. The average Bonchev–Trinajstić information content (AvgIpc) is 2.13.